The first-order chi connectivity index (χ1) is 11.9. The van der Waals surface area contributed by atoms with Gasteiger partial charge in [-0.15, -0.1) is 11.3 Å². The first-order valence-electron chi connectivity index (χ1n) is 7.71. The van der Waals surface area contributed by atoms with E-state index in [1.165, 1.54) is 28.0 Å². The molecular formula is C17H17NO5S2. The second-order valence-corrected chi connectivity index (χ2v) is 8.61. The molecule has 0 fully saturated rings. The van der Waals surface area contributed by atoms with Crippen molar-refractivity contribution in [3.63, 3.8) is 0 Å². The highest BCUT2D eigenvalue weighted by molar-refractivity contribution is 7.92. The standard InChI is InChI=1S/C17H17NO5S2/c1-25(21,22)18-8-2-4-12-10-13(6-7-14(12)18)17(20)23-11-15(19)16-5-3-9-24-16/h3,5-7,9-10H,2,4,8,11H2,1H3. The van der Waals surface area contributed by atoms with Gasteiger partial charge in [-0.25, -0.2) is 13.2 Å². The Morgan fingerprint density at radius 1 is 1.28 bits per heavy atom. The molecule has 25 heavy (non-hydrogen) atoms. The van der Waals surface area contributed by atoms with Crippen molar-refractivity contribution >= 4 is 38.8 Å². The van der Waals surface area contributed by atoms with Gasteiger partial charge in [0.1, 0.15) is 0 Å². The molecule has 2 aromatic rings. The molecule has 3 rings (SSSR count). The predicted octanol–water partition coefficient (Wildman–Crippen LogP) is 2.50. The van der Waals surface area contributed by atoms with Crippen molar-refractivity contribution in [2.24, 2.45) is 0 Å². The summed E-state index contributed by atoms with van der Waals surface area (Å²) in [6.45, 7) is 0.122. The molecular weight excluding hydrogens is 362 g/mol. The van der Waals surface area contributed by atoms with E-state index in [1.54, 1.807) is 29.6 Å². The summed E-state index contributed by atoms with van der Waals surface area (Å²) in [5.74, 6) is -0.839. The molecule has 0 aliphatic carbocycles. The molecule has 1 aliphatic heterocycles. The average molecular weight is 379 g/mol. The Balaban J connectivity index is 1.73. The Labute approximate surface area is 150 Å². The van der Waals surface area contributed by atoms with E-state index < -0.39 is 16.0 Å². The van der Waals surface area contributed by atoms with Gasteiger partial charge in [-0.2, -0.15) is 0 Å². The van der Waals surface area contributed by atoms with Gasteiger partial charge in [0.2, 0.25) is 15.8 Å². The van der Waals surface area contributed by atoms with Gasteiger partial charge in [-0.3, -0.25) is 9.10 Å². The van der Waals surface area contributed by atoms with E-state index in [1.807, 2.05) is 0 Å². The Hall–Kier alpha value is -2.19. The molecule has 0 N–H and O–H groups in total. The molecule has 0 atom stereocenters. The van der Waals surface area contributed by atoms with Gasteiger partial charge in [0, 0.05) is 6.54 Å². The van der Waals surface area contributed by atoms with E-state index in [0.29, 0.717) is 35.5 Å². The van der Waals surface area contributed by atoms with Gasteiger partial charge < -0.3 is 4.74 Å². The fourth-order valence-corrected chi connectivity index (χ4v) is 4.40. The smallest absolute Gasteiger partial charge is 0.338 e. The van der Waals surface area contributed by atoms with E-state index >= 15 is 0 Å². The fraction of sp³-hybridized carbons (Fsp3) is 0.294. The number of hydrogen-bond acceptors (Lipinski definition) is 6. The second kappa shape index (κ2) is 6.97. The molecule has 8 heteroatoms. The van der Waals surface area contributed by atoms with Gasteiger partial charge in [-0.05, 0) is 48.1 Å². The summed E-state index contributed by atoms with van der Waals surface area (Å²) in [6.07, 6.45) is 2.55. The number of Topliss-reactive ketones (excluding diaryl/α,β-unsaturated/α-hetero) is 1. The van der Waals surface area contributed by atoms with E-state index in [9.17, 15) is 18.0 Å². The second-order valence-electron chi connectivity index (χ2n) is 5.76. The summed E-state index contributed by atoms with van der Waals surface area (Å²) < 4.78 is 30.1. The minimum absolute atomic E-state index is 0.246. The lowest BCUT2D eigenvalue weighted by molar-refractivity contribution is 0.0475. The molecule has 0 spiro atoms. The largest absolute Gasteiger partial charge is 0.454 e. The summed E-state index contributed by atoms with van der Waals surface area (Å²) in [6, 6.07) is 8.23. The number of ketones is 1. The minimum atomic E-state index is -3.35. The molecule has 2 heterocycles. The Kier molecular flexibility index (Phi) is 4.91. The fourth-order valence-electron chi connectivity index (χ4n) is 2.76. The molecule has 1 aromatic carbocycles. The molecule has 0 saturated carbocycles. The third-order valence-corrected chi connectivity index (χ3v) is 6.01. The van der Waals surface area contributed by atoms with Crippen LogP contribution in [0.2, 0.25) is 0 Å². The Morgan fingerprint density at radius 2 is 2.08 bits per heavy atom. The maximum absolute atomic E-state index is 12.2. The van der Waals surface area contributed by atoms with Gasteiger partial charge in [0.25, 0.3) is 0 Å². The van der Waals surface area contributed by atoms with Crippen LogP contribution in [-0.4, -0.2) is 39.6 Å². The normalized spacial score (nSPS) is 14.0. The zero-order chi connectivity index (χ0) is 18.0. The SMILES string of the molecule is CS(=O)(=O)N1CCCc2cc(C(=O)OCC(=O)c3cccs3)ccc21. The zero-order valence-corrected chi connectivity index (χ0v) is 15.2. The average Bonchev–Trinajstić information content (AvgIpc) is 3.12. The van der Waals surface area contributed by atoms with Crippen LogP contribution in [0.1, 0.15) is 32.0 Å². The highest BCUT2D eigenvalue weighted by Crippen LogP contribution is 2.30. The summed E-state index contributed by atoms with van der Waals surface area (Å²) >= 11 is 1.30. The number of fused-ring (bicyclic) bond motifs is 1. The third kappa shape index (κ3) is 3.91. The summed E-state index contributed by atoms with van der Waals surface area (Å²) in [5.41, 5.74) is 1.70. The quantitative estimate of drug-likeness (QED) is 0.589. The van der Waals surface area contributed by atoms with E-state index in [-0.39, 0.29) is 12.4 Å². The number of ether oxygens (including phenoxy) is 1. The van der Waals surface area contributed by atoms with Crippen LogP contribution in [0, 0.1) is 0 Å². The minimum Gasteiger partial charge on any atom is -0.454 e. The summed E-state index contributed by atoms with van der Waals surface area (Å²) in [4.78, 5) is 24.6. The van der Waals surface area contributed by atoms with Crippen molar-refractivity contribution in [1.82, 2.24) is 0 Å². The van der Waals surface area contributed by atoms with Crippen molar-refractivity contribution in [3.05, 3.63) is 51.7 Å². The van der Waals surface area contributed by atoms with Crippen molar-refractivity contribution in [3.8, 4) is 0 Å². The maximum atomic E-state index is 12.2. The number of aryl methyl sites for hydroxylation is 1. The zero-order valence-electron chi connectivity index (χ0n) is 13.6. The van der Waals surface area contributed by atoms with E-state index in [0.717, 1.165) is 5.56 Å². The van der Waals surface area contributed by atoms with Crippen molar-refractivity contribution in [1.29, 1.82) is 0 Å². The molecule has 0 bridgehead atoms. The van der Waals surface area contributed by atoms with Crippen LogP contribution in [0.4, 0.5) is 5.69 Å². The first kappa shape index (κ1) is 17.6. The number of anilines is 1. The van der Waals surface area contributed by atoms with Crippen LogP contribution < -0.4 is 4.31 Å². The number of nitrogens with zero attached hydrogens (tertiary/aromatic N) is 1. The topological polar surface area (TPSA) is 80.8 Å². The van der Waals surface area contributed by atoms with Gasteiger partial charge in [-0.1, -0.05) is 6.07 Å². The lowest BCUT2D eigenvalue weighted by Crippen LogP contribution is -2.34. The molecule has 0 saturated heterocycles. The first-order valence-corrected chi connectivity index (χ1v) is 10.4. The van der Waals surface area contributed by atoms with Crippen molar-refractivity contribution in [2.45, 2.75) is 12.8 Å². The molecule has 6 nitrogen and oxygen atoms in total. The van der Waals surface area contributed by atoms with Gasteiger partial charge in [0.05, 0.1) is 22.4 Å². The maximum Gasteiger partial charge on any atom is 0.338 e. The molecule has 1 aliphatic rings. The number of thiophene rings is 1. The van der Waals surface area contributed by atoms with Crippen LogP contribution in [-0.2, 0) is 21.2 Å². The molecule has 1 aromatic heterocycles. The highest BCUT2D eigenvalue weighted by Gasteiger charge is 2.25. The van der Waals surface area contributed by atoms with Crippen molar-refractivity contribution in [2.75, 3.05) is 23.7 Å². The van der Waals surface area contributed by atoms with Crippen LogP contribution in [0.15, 0.2) is 35.7 Å². The summed E-state index contributed by atoms with van der Waals surface area (Å²) in [5, 5.41) is 1.78. The van der Waals surface area contributed by atoms with Crippen LogP contribution in [0.25, 0.3) is 0 Å². The number of rotatable bonds is 5. The van der Waals surface area contributed by atoms with E-state index in [4.69, 9.17) is 4.74 Å². The van der Waals surface area contributed by atoms with Crippen molar-refractivity contribution < 1.29 is 22.7 Å². The number of sulfonamides is 1. The monoisotopic (exact) mass is 379 g/mol. The number of benzene rings is 1. The Bertz CT molecular complexity index is 903. The lowest BCUT2D eigenvalue weighted by atomic mass is 10.0. The van der Waals surface area contributed by atoms with Gasteiger partial charge in [0.15, 0.2) is 6.61 Å². The molecule has 0 amide bonds. The molecule has 132 valence electrons. The summed E-state index contributed by atoms with van der Waals surface area (Å²) in [7, 11) is -3.35. The number of esters is 1. The predicted molar refractivity (Wildman–Crippen MR) is 95.9 cm³/mol. The van der Waals surface area contributed by atoms with Crippen LogP contribution in [0.3, 0.4) is 0 Å². The number of carbonyl (C=O) groups excluding carboxylic acids is 2. The third-order valence-electron chi connectivity index (χ3n) is 3.92. The molecule has 0 radical (unpaired) electrons. The van der Waals surface area contributed by atoms with Crippen LogP contribution in [0.5, 0.6) is 0 Å². The molecule has 0 unspecified atom stereocenters. The van der Waals surface area contributed by atoms with Gasteiger partial charge >= 0.3 is 5.97 Å². The number of hydrogen-bond donors (Lipinski definition) is 0. The Morgan fingerprint density at radius 3 is 2.76 bits per heavy atom. The number of carbonyl (C=O) groups is 2. The highest BCUT2D eigenvalue weighted by atomic mass is 32.2. The lowest BCUT2D eigenvalue weighted by Gasteiger charge is -2.29. The van der Waals surface area contributed by atoms with E-state index in [2.05, 4.69) is 0 Å². The van der Waals surface area contributed by atoms with Crippen LogP contribution >= 0.6 is 11.3 Å².